The fourth-order valence-corrected chi connectivity index (χ4v) is 3.32. The van der Waals surface area contributed by atoms with E-state index in [-0.39, 0.29) is 5.91 Å². The highest BCUT2D eigenvalue weighted by molar-refractivity contribution is 6.34. The number of rotatable bonds is 3. The van der Waals surface area contributed by atoms with Crippen LogP contribution in [0.2, 0.25) is 5.02 Å². The largest absolute Gasteiger partial charge is 0.422 e. The highest BCUT2D eigenvalue weighted by Gasteiger charge is 2.12. The number of hydrogen-bond donors (Lipinski definition) is 1. The van der Waals surface area contributed by atoms with Crippen molar-refractivity contribution in [3.05, 3.63) is 99.4 Å². The number of fused-ring (bicyclic) bond motifs is 1. The molecule has 1 N–H and O–H groups in total. The van der Waals surface area contributed by atoms with E-state index in [1.165, 1.54) is 0 Å². The molecular weight excluding hydrogens is 374 g/mol. The SMILES string of the molecule is Cc1ccc(C(=O)Nc2ccc(-c3cc4ccccc4oc3=O)cc2)c(Cl)c1. The molecule has 0 saturated carbocycles. The molecular formula is C23H16ClNO3. The monoisotopic (exact) mass is 389 g/mol. The third-order valence-electron chi connectivity index (χ3n) is 4.46. The summed E-state index contributed by atoms with van der Waals surface area (Å²) in [7, 11) is 0. The molecule has 0 spiro atoms. The van der Waals surface area contributed by atoms with E-state index in [9.17, 15) is 9.59 Å². The van der Waals surface area contributed by atoms with Gasteiger partial charge in [-0.15, -0.1) is 0 Å². The van der Waals surface area contributed by atoms with Gasteiger partial charge in [0.15, 0.2) is 0 Å². The van der Waals surface area contributed by atoms with Gasteiger partial charge in [-0.2, -0.15) is 0 Å². The lowest BCUT2D eigenvalue weighted by atomic mass is 10.1. The van der Waals surface area contributed by atoms with Crippen LogP contribution in [0.4, 0.5) is 5.69 Å². The molecule has 1 amide bonds. The second-order valence-corrected chi connectivity index (χ2v) is 6.91. The fraction of sp³-hybridized carbons (Fsp3) is 0.0435. The van der Waals surface area contributed by atoms with Gasteiger partial charge in [0, 0.05) is 11.1 Å². The van der Waals surface area contributed by atoms with Gasteiger partial charge in [-0.3, -0.25) is 4.79 Å². The molecule has 3 aromatic carbocycles. The van der Waals surface area contributed by atoms with Crippen LogP contribution in [0.25, 0.3) is 22.1 Å². The third kappa shape index (κ3) is 3.55. The number of nitrogens with one attached hydrogen (secondary N) is 1. The Labute approximate surface area is 166 Å². The lowest BCUT2D eigenvalue weighted by molar-refractivity contribution is 0.102. The maximum atomic E-state index is 12.4. The molecule has 28 heavy (non-hydrogen) atoms. The van der Waals surface area contributed by atoms with E-state index in [4.69, 9.17) is 16.0 Å². The van der Waals surface area contributed by atoms with Gasteiger partial charge in [0.05, 0.1) is 16.1 Å². The minimum atomic E-state index is -0.401. The van der Waals surface area contributed by atoms with E-state index in [1.54, 1.807) is 48.5 Å². The van der Waals surface area contributed by atoms with Gasteiger partial charge < -0.3 is 9.73 Å². The van der Waals surface area contributed by atoms with Crippen LogP contribution < -0.4 is 10.9 Å². The molecule has 4 rings (SSSR count). The second-order valence-electron chi connectivity index (χ2n) is 6.50. The van der Waals surface area contributed by atoms with E-state index in [0.29, 0.717) is 33.0 Å². The van der Waals surface area contributed by atoms with Crippen molar-refractivity contribution in [1.82, 2.24) is 0 Å². The molecule has 0 unspecified atom stereocenters. The number of carbonyl (C=O) groups is 1. The summed E-state index contributed by atoms with van der Waals surface area (Å²) in [5, 5.41) is 4.07. The molecule has 0 fully saturated rings. The van der Waals surface area contributed by atoms with Gasteiger partial charge in [0.25, 0.3) is 5.91 Å². The van der Waals surface area contributed by atoms with Crippen LogP contribution in [0.3, 0.4) is 0 Å². The van der Waals surface area contributed by atoms with Crippen molar-refractivity contribution in [1.29, 1.82) is 0 Å². The molecule has 0 atom stereocenters. The number of para-hydroxylation sites is 1. The highest BCUT2D eigenvalue weighted by atomic mass is 35.5. The molecule has 0 aliphatic rings. The van der Waals surface area contributed by atoms with Crippen LogP contribution >= 0.6 is 11.6 Å². The average Bonchev–Trinajstić information content (AvgIpc) is 2.68. The number of anilines is 1. The van der Waals surface area contributed by atoms with E-state index >= 15 is 0 Å². The topological polar surface area (TPSA) is 59.3 Å². The van der Waals surface area contributed by atoms with Gasteiger partial charge in [-0.1, -0.05) is 48.0 Å². The Morgan fingerprint density at radius 2 is 1.71 bits per heavy atom. The first kappa shape index (κ1) is 18.0. The Morgan fingerprint density at radius 3 is 2.46 bits per heavy atom. The first-order valence-corrected chi connectivity index (χ1v) is 9.10. The Kier molecular flexibility index (Phi) is 4.72. The minimum Gasteiger partial charge on any atom is -0.422 e. The normalized spacial score (nSPS) is 10.8. The summed E-state index contributed by atoms with van der Waals surface area (Å²) >= 11 is 6.16. The van der Waals surface area contributed by atoms with Gasteiger partial charge >= 0.3 is 5.63 Å². The molecule has 0 radical (unpaired) electrons. The first-order chi connectivity index (χ1) is 13.5. The molecule has 138 valence electrons. The van der Waals surface area contributed by atoms with Crippen molar-refractivity contribution >= 4 is 34.2 Å². The Hall–Kier alpha value is -3.37. The summed E-state index contributed by atoms with van der Waals surface area (Å²) in [6.07, 6.45) is 0. The molecule has 0 aliphatic heterocycles. The summed E-state index contributed by atoms with van der Waals surface area (Å²) in [6, 6.07) is 21.5. The van der Waals surface area contributed by atoms with Crippen molar-refractivity contribution in [3.63, 3.8) is 0 Å². The second kappa shape index (κ2) is 7.33. The minimum absolute atomic E-state index is 0.289. The quantitative estimate of drug-likeness (QED) is 0.459. The number of amides is 1. The highest BCUT2D eigenvalue weighted by Crippen LogP contribution is 2.24. The zero-order valence-corrected chi connectivity index (χ0v) is 15.8. The number of halogens is 1. The molecule has 0 saturated heterocycles. The summed E-state index contributed by atoms with van der Waals surface area (Å²) in [4.78, 5) is 24.7. The van der Waals surface area contributed by atoms with Crippen molar-refractivity contribution in [2.75, 3.05) is 5.32 Å². The van der Waals surface area contributed by atoms with E-state index in [0.717, 1.165) is 10.9 Å². The molecule has 0 aliphatic carbocycles. The molecule has 4 nitrogen and oxygen atoms in total. The van der Waals surface area contributed by atoms with Crippen molar-refractivity contribution < 1.29 is 9.21 Å². The Balaban J connectivity index is 1.60. The van der Waals surface area contributed by atoms with Gasteiger partial charge in [-0.05, 0) is 54.4 Å². The summed E-state index contributed by atoms with van der Waals surface area (Å²) < 4.78 is 5.38. The summed E-state index contributed by atoms with van der Waals surface area (Å²) in [5.41, 5.74) is 3.34. The van der Waals surface area contributed by atoms with E-state index in [1.807, 2.05) is 31.2 Å². The van der Waals surface area contributed by atoms with Crippen molar-refractivity contribution in [3.8, 4) is 11.1 Å². The Bertz CT molecular complexity index is 1240. The van der Waals surface area contributed by atoms with Gasteiger partial charge in [0.1, 0.15) is 5.58 Å². The standard InChI is InChI=1S/C23H16ClNO3/c1-14-6-11-18(20(24)12-14)22(26)25-17-9-7-15(8-10-17)19-13-16-4-2-3-5-21(16)28-23(19)27/h2-13H,1H3,(H,25,26). The van der Waals surface area contributed by atoms with Crippen molar-refractivity contribution in [2.45, 2.75) is 6.92 Å². The van der Waals surface area contributed by atoms with Crippen LogP contribution in [0.1, 0.15) is 15.9 Å². The van der Waals surface area contributed by atoms with Gasteiger partial charge in [-0.25, -0.2) is 4.79 Å². The van der Waals surface area contributed by atoms with Gasteiger partial charge in [0.2, 0.25) is 0 Å². The third-order valence-corrected chi connectivity index (χ3v) is 4.78. The van der Waals surface area contributed by atoms with Crippen LogP contribution in [0.5, 0.6) is 0 Å². The number of aryl methyl sites for hydroxylation is 1. The summed E-state index contributed by atoms with van der Waals surface area (Å²) in [5.74, 6) is -0.289. The van der Waals surface area contributed by atoms with Crippen LogP contribution in [-0.2, 0) is 0 Å². The van der Waals surface area contributed by atoms with Crippen LogP contribution in [0.15, 0.2) is 82.0 Å². The predicted octanol–water partition coefficient (Wildman–Crippen LogP) is 5.67. The number of benzene rings is 3. The Morgan fingerprint density at radius 1 is 0.964 bits per heavy atom. The van der Waals surface area contributed by atoms with E-state index in [2.05, 4.69) is 5.32 Å². The fourth-order valence-electron chi connectivity index (χ4n) is 3.00. The summed E-state index contributed by atoms with van der Waals surface area (Å²) in [6.45, 7) is 1.91. The first-order valence-electron chi connectivity index (χ1n) is 8.72. The predicted molar refractivity (Wildman–Crippen MR) is 112 cm³/mol. The molecule has 0 bridgehead atoms. The maximum Gasteiger partial charge on any atom is 0.344 e. The number of hydrogen-bond acceptors (Lipinski definition) is 3. The molecule has 1 aromatic heterocycles. The maximum absolute atomic E-state index is 12.4. The van der Waals surface area contributed by atoms with Crippen molar-refractivity contribution in [2.24, 2.45) is 0 Å². The van der Waals surface area contributed by atoms with Crippen LogP contribution in [-0.4, -0.2) is 5.91 Å². The van der Waals surface area contributed by atoms with Crippen LogP contribution in [0, 0.1) is 6.92 Å². The smallest absolute Gasteiger partial charge is 0.344 e. The lowest BCUT2D eigenvalue weighted by Gasteiger charge is -2.08. The molecule has 5 heteroatoms. The molecule has 4 aromatic rings. The molecule has 1 heterocycles. The van der Waals surface area contributed by atoms with E-state index < -0.39 is 5.63 Å². The number of carbonyl (C=O) groups excluding carboxylic acids is 1. The zero-order chi connectivity index (χ0) is 19.7. The zero-order valence-electron chi connectivity index (χ0n) is 15.0. The lowest BCUT2D eigenvalue weighted by Crippen LogP contribution is -2.12. The average molecular weight is 390 g/mol.